The van der Waals surface area contributed by atoms with Crippen LogP contribution >= 0.6 is 11.8 Å². The number of methoxy groups -OCH3 is 1. The van der Waals surface area contributed by atoms with Gasteiger partial charge in [-0.05, 0) is 36.4 Å². The predicted octanol–water partition coefficient (Wildman–Crippen LogP) is 3.03. The van der Waals surface area contributed by atoms with Crippen molar-refractivity contribution in [1.82, 2.24) is 14.8 Å². The summed E-state index contributed by atoms with van der Waals surface area (Å²) in [4.78, 5) is 0. The fourth-order valence-corrected chi connectivity index (χ4v) is 2.93. The van der Waals surface area contributed by atoms with E-state index in [4.69, 9.17) is 9.84 Å². The van der Waals surface area contributed by atoms with Crippen LogP contribution in [0.25, 0.3) is 17.1 Å². The second kappa shape index (κ2) is 7.30. The van der Waals surface area contributed by atoms with Gasteiger partial charge in [0.2, 0.25) is 0 Å². The van der Waals surface area contributed by atoms with Gasteiger partial charge >= 0.3 is 0 Å². The number of hydrogen-bond acceptors (Lipinski definition) is 5. The van der Waals surface area contributed by atoms with Crippen LogP contribution in [0.3, 0.4) is 0 Å². The maximum absolute atomic E-state index is 9.08. The Balaban J connectivity index is 2.07. The lowest BCUT2D eigenvalue weighted by Crippen LogP contribution is -2.00. The van der Waals surface area contributed by atoms with E-state index in [1.165, 1.54) is 11.8 Å². The molecule has 1 aromatic heterocycles. The van der Waals surface area contributed by atoms with Crippen molar-refractivity contribution in [3.8, 4) is 22.8 Å². The Bertz CT molecular complexity index is 757. The fourth-order valence-electron chi connectivity index (χ4n) is 2.24. The second-order valence-electron chi connectivity index (χ2n) is 4.78. The van der Waals surface area contributed by atoms with E-state index in [9.17, 15) is 0 Å². The lowest BCUT2D eigenvalue weighted by Gasteiger charge is -2.10. The number of benzene rings is 2. The molecule has 2 aromatic carbocycles. The minimum Gasteiger partial charge on any atom is -0.497 e. The van der Waals surface area contributed by atoms with E-state index >= 15 is 0 Å². The molecule has 0 unspecified atom stereocenters. The number of thioether (sulfide) groups is 1. The highest BCUT2D eigenvalue weighted by Crippen LogP contribution is 2.28. The average molecular weight is 327 g/mol. The highest BCUT2D eigenvalue weighted by Gasteiger charge is 2.15. The van der Waals surface area contributed by atoms with Gasteiger partial charge in [0.1, 0.15) is 5.75 Å². The van der Waals surface area contributed by atoms with Gasteiger partial charge < -0.3 is 9.84 Å². The van der Waals surface area contributed by atoms with Gasteiger partial charge in [0, 0.05) is 17.0 Å². The van der Waals surface area contributed by atoms with Crippen LogP contribution in [-0.4, -0.2) is 39.3 Å². The SMILES string of the molecule is COc1ccc(-c2nnc(SCCO)n2-c2ccccc2)cc1. The number of hydrogen-bond donors (Lipinski definition) is 1. The topological polar surface area (TPSA) is 60.2 Å². The second-order valence-corrected chi connectivity index (χ2v) is 5.84. The first-order valence-corrected chi connectivity index (χ1v) is 8.21. The number of aliphatic hydroxyl groups excluding tert-OH is 1. The molecule has 0 atom stereocenters. The normalized spacial score (nSPS) is 10.7. The summed E-state index contributed by atoms with van der Waals surface area (Å²) in [5.41, 5.74) is 1.95. The monoisotopic (exact) mass is 327 g/mol. The molecule has 0 saturated carbocycles. The molecular formula is C17H17N3O2S. The van der Waals surface area contributed by atoms with E-state index in [2.05, 4.69) is 10.2 Å². The van der Waals surface area contributed by atoms with Gasteiger partial charge in [-0.1, -0.05) is 30.0 Å². The minimum atomic E-state index is 0.101. The Hall–Kier alpha value is -2.31. The first-order valence-electron chi connectivity index (χ1n) is 7.22. The van der Waals surface area contributed by atoms with Crippen molar-refractivity contribution in [1.29, 1.82) is 0 Å². The highest BCUT2D eigenvalue weighted by molar-refractivity contribution is 7.99. The molecule has 3 aromatic rings. The van der Waals surface area contributed by atoms with Gasteiger partial charge in [-0.25, -0.2) is 0 Å². The zero-order valence-electron chi connectivity index (χ0n) is 12.7. The van der Waals surface area contributed by atoms with Crippen LogP contribution in [0.15, 0.2) is 59.8 Å². The third-order valence-electron chi connectivity index (χ3n) is 3.32. The minimum absolute atomic E-state index is 0.101. The van der Waals surface area contributed by atoms with E-state index in [0.717, 1.165) is 28.0 Å². The Kier molecular flexibility index (Phi) is 4.95. The van der Waals surface area contributed by atoms with Crippen molar-refractivity contribution in [2.45, 2.75) is 5.16 Å². The maximum Gasteiger partial charge on any atom is 0.196 e. The van der Waals surface area contributed by atoms with Crippen LogP contribution in [-0.2, 0) is 0 Å². The standard InChI is InChI=1S/C17H17N3O2S/c1-22-15-9-7-13(8-10-15)16-18-19-17(23-12-11-21)20(16)14-5-3-2-4-6-14/h2-10,21H,11-12H2,1H3. The van der Waals surface area contributed by atoms with Crippen LogP contribution < -0.4 is 4.74 Å². The summed E-state index contributed by atoms with van der Waals surface area (Å²) in [7, 11) is 1.64. The first-order chi connectivity index (χ1) is 11.3. The number of ether oxygens (including phenoxy) is 1. The van der Waals surface area contributed by atoms with Crippen molar-refractivity contribution in [2.75, 3.05) is 19.5 Å². The maximum atomic E-state index is 9.08. The summed E-state index contributed by atoms with van der Waals surface area (Å²) in [5.74, 6) is 2.14. The lowest BCUT2D eigenvalue weighted by atomic mass is 10.2. The largest absolute Gasteiger partial charge is 0.497 e. The van der Waals surface area contributed by atoms with Crippen molar-refractivity contribution in [2.24, 2.45) is 0 Å². The summed E-state index contributed by atoms with van der Waals surface area (Å²) >= 11 is 1.48. The zero-order valence-corrected chi connectivity index (χ0v) is 13.5. The van der Waals surface area contributed by atoms with Gasteiger partial charge in [-0.15, -0.1) is 10.2 Å². The Morgan fingerprint density at radius 2 is 1.78 bits per heavy atom. The number of nitrogens with zero attached hydrogens (tertiary/aromatic N) is 3. The van der Waals surface area contributed by atoms with Crippen LogP contribution in [0.4, 0.5) is 0 Å². The molecule has 0 fully saturated rings. The van der Waals surface area contributed by atoms with Gasteiger partial charge in [0.15, 0.2) is 11.0 Å². The van der Waals surface area contributed by atoms with Crippen molar-refractivity contribution < 1.29 is 9.84 Å². The van der Waals surface area contributed by atoms with Gasteiger partial charge in [-0.2, -0.15) is 0 Å². The molecule has 0 amide bonds. The van der Waals surface area contributed by atoms with Crippen LogP contribution in [0.1, 0.15) is 0 Å². The molecule has 0 bridgehead atoms. The van der Waals surface area contributed by atoms with Crippen LogP contribution in [0.2, 0.25) is 0 Å². The molecule has 3 rings (SSSR count). The Morgan fingerprint density at radius 1 is 1.04 bits per heavy atom. The molecule has 0 radical (unpaired) electrons. The van der Waals surface area contributed by atoms with E-state index < -0.39 is 0 Å². The molecular weight excluding hydrogens is 310 g/mol. The molecule has 6 heteroatoms. The van der Waals surface area contributed by atoms with E-state index in [-0.39, 0.29) is 6.61 Å². The number of para-hydroxylation sites is 1. The summed E-state index contributed by atoms with van der Waals surface area (Å²) < 4.78 is 7.21. The summed E-state index contributed by atoms with van der Waals surface area (Å²) in [5, 5.41) is 18.5. The highest BCUT2D eigenvalue weighted by atomic mass is 32.2. The molecule has 118 valence electrons. The quantitative estimate of drug-likeness (QED) is 0.705. The molecule has 5 nitrogen and oxygen atoms in total. The number of aromatic nitrogens is 3. The van der Waals surface area contributed by atoms with E-state index in [1.54, 1.807) is 7.11 Å². The van der Waals surface area contributed by atoms with E-state index in [0.29, 0.717) is 5.75 Å². The Morgan fingerprint density at radius 3 is 2.43 bits per heavy atom. The van der Waals surface area contributed by atoms with E-state index in [1.807, 2.05) is 59.2 Å². The van der Waals surface area contributed by atoms with Crippen LogP contribution in [0, 0.1) is 0 Å². The smallest absolute Gasteiger partial charge is 0.196 e. The molecule has 1 N–H and O–H groups in total. The number of aliphatic hydroxyl groups is 1. The van der Waals surface area contributed by atoms with Gasteiger partial charge in [0.25, 0.3) is 0 Å². The first kappa shape index (κ1) is 15.6. The summed E-state index contributed by atoms with van der Waals surface area (Å²) in [6, 6.07) is 17.7. The Labute approximate surface area is 138 Å². The molecule has 0 spiro atoms. The summed E-state index contributed by atoms with van der Waals surface area (Å²) in [6.45, 7) is 0.101. The third-order valence-corrected chi connectivity index (χ3v) is 4.23. The lowest BCUT2D eigenvalue weighted by molar-refractivity contribution is 0.322. The molecule has 23 heavy (non-hydrogen) atoms. The zero-order chi connectivity index (χ0) is 16.1. The predicted molar refractivity (Wildman–Crippen MR) is 91.2 cm³/mol. The molecule has 0 aliphatic carbocycles. The van der Waals surface area contributed by atoms with Crippen molar-refractivity contribution in [3.05, 3.63) is 54.6 Å². The van der Waals surface area contributed by atoms with Crippen molar-refractivity contribution >= 4 is 11.8 Å². The average Bonchev–Trinajstić information content (AvgIpc) is 3.04. The molecule has 1 heterocycles. The van der Waals surface area contributed by atoms with Gasteiger partial charge in [0.05, 0.1) is 13.7 Å². The molecule has 0 aliphatic rings. The van der Waals surface area contributed by atoms with Crippen molar-refractivity contribution in [3.63, 3.8) is 0 Å². The summed E-state index contributed by atoms with van der Waals surface area (Å²) in [6.07, 6.45) is 0. The number of rotatable bonds is 6. The van der Waals surface area contributed by atoms with Crippen LogP contribution in [0.5, 0.6) is 5.75 Å². The third kappa shape index (κ3) is 3.38. The van der Waals surface area contributed by atoms with Gasteiger partial charge in [-0.3, -0.25) is 4.57 Å². The molecule has 0 aliphatic heterocycles. The molecule has 0 saturated heterocycles. The fraction of sp³-hybridized carbons (Fsp3) is 0.176.